The monoisotopic (exact) mass is 329 g/mol. The fraction of sp³-hybridized carbons (Fsp3) is 0.333. The SMILES string of the molecule is C[C@H](NCc1ccccc1C1CC1)c1ccccc1Br. The van der Waals surface area contributed by atoms with Gasteiger partial charge < -0.3 is 5.32 Å². The molecule has 0 heterocycles. The first-order chi connectivity index (χ1) is 9.75. The second-order valence-electron chi connectivity index (χ2n) is 5.60. The Morgan fingerprint density at radius 3 is 2.55 bits per heavy atom. The van der Waals surface area contributed by atoms with Crippen LogP contribution in [0.1, 0.15) is 48.4 Å². The Bertz CT molecular complexity index is 589. The third kappa shape index (κ3) is 3.13. The van der Waals surface area contributed by atoms with E-state index in [0.717, 1.165) is 12.5 Å². The van der Waals surface area contributed by atoms with Crippen molar-refractivity contribution in [1.29, 1.82) is 0 Å². The minimum absolute atomic E-state index is 0.345. The third-order valence-corrected chi connectivity index (χ3v) is 4.76. The van der Waals surface area contributed by atoms with Gasteiger partial charge in [0.2, 0.25) is 0 Å². The molecule has 20 heavy (non-hydrogen) atoms. The Labute approximate surface area is 129 Å². The smallest absolute Gasteiger partial charge is 0.0306 e. The molecule has 2 aromatic carbocycles. The first-order valence-electron chi connectivity index (χ1n) is 7.31. The van der Waals surface area contributed by atoms with Gasteiger partial charge in [0.15, 0.2) is 0 Å². The second kappa shape index (κ2) is 6.11. The van der Waals surface area contributed by atoms with Crippen molar-refractivity contribution >= 4 is 15.9 Å². The van der Waals surface area contributed by atoms with Gasteiger partial charge in [0, 0.05) is 17.1 Å². The zero-order valence-electron chi connectivity index (χ0n) is 11.8. The molecule has 1 N–H and O–H groups in total. The van der Waals surface area contributed by atoms with E-state index in [2.05, 4.69) is 76.7 Å². The van der Waals surface area contributed by atoms with Gasteiger partial charge >= 0.3 is 0 Å². The molecule has 1 fully saturated rings. The molecule has 104 valence electrons. The van der Waals surface area contributed by atoms with Crippen LogP contribution in [-0.2, 0) is 6.54 Å². The Hall–Kier alpha value is -1.12. The van der Waals surface area contributed by atoms with Crippen LogP contribution in [0.25, 0.3) is 0 Å². The van der Waals surface area contributed by atoms with Crippen LogP contribution in [0.5, 0.6) is 0 Å². The van der Waals surface area contributed by atoms with E-state index in [0.29, 0.717) is 6.04 Å². The number of halogens is 1. The lowest BCUT2D eigenvalue weighted by molar-refractivity contribution is 0.570. The summed E-state index contributed by atoms with van der Waals surface area (Å²) in [5.74, 6) is 0.812. The summed E-state index contributed by atoms with van der Waals surface area (Å²) < 4.78 is 1.18. The highest BCUT2D eigenvalue weighted by Gasteiger charge is 2.25. The molecule has 2 heteroatoms. The number of rotatable bonds is 5. The van der Waals surface area contributed by atoms with Crippen molar-refractivity contribution in [1.82, 2.24) is 5.32 Å². The van der Waals surface area contributed by atoms with E-state index < -0.39 is 0 Å². The van der Waals surface area contributed by atoms with Crippen LogP contribution in [0.2, 0.25) is 0 Å². The average molecular weight is 330 g/mol. The molecule has 0 unspecified atom stereocenters. The van der Waals surface area contributed by atoms with Crippen LogP contribution in [0.3, 0.4) is 0 Å². The highest BCUT2D eigenvalue weighted by molar-refractivity contribution is 9.10. The molecule has 0 saturated heterocycles. The lowest BCUT2D eigenvalue weighted by atomic mass is 10.0. The summed E-state index contributed by atoms with van der Waals surface area (Å²) in [6.07, 6.45) is 2.72. The minimum atomic E-state index is 0.345. The van der Waals surface area contributed by atoms with E-state index in [4.69, 9.17) is 0 Å². The van der Waals surface area contributed by atoms with Crippen molar-refractivity contribution in [2.75, 3.05) is 0 Å². The fourth-order valence-corrected chi connectivity index (χ4v) is 3.32. The lowest BCUT2D eigenvalue weighted by Gasteiger charge is -2.17. The van der Waals surface area contributed by atoms with Gasteiger partial charge in [-0.2, -0.15) is 0 Å². The van der Waals surface area contributed by atoms with Crippen molar-refractivity contribution in [3.05, 3.63) is 69.7 Å². The molecule has 0 spiro atoms. The van der Waals surface area contributed by atoms with E-state index in [9.17, 15) is 0 Å². The molecule has 1 nitrogen and oxygen atoms in total. The van der Waals surface area contributed by atoms with Crippen molar-refractivity contribution < 1.29 is 0 Å². The molecule has 0 amide bonds. The highest BCUT2D eigenvalue weighted by atomic mass is 79.9. The van der Waals surface area contributed by atoms with Crippen LogP contribution in [-0.4, -0.2) is 0 Å². The van der Waals surface area contributed by atoms with Crippen LogP contribution >= 0.6 is 15.9 Å². The number of benzene rings is 2. The second-order valence-corrected chi connectivity index (χ2v) is 6.45. The Kier molecular flexibility index (Phi) is 4.23. The number of nitrogens with one attached hydrogen (secondary N) is 1. The maximum Gasteiger partial charge on any atom is 0.0306 e. The van der Waals surface area contributed by atoms with E-state index >= 15 is 0 Å². The maximum atomic E-state index is 3.65. The zero-order valence-corrected chi connectivity index (χ0v) is 13.4. The Morgan fingerprint density at radius 2 is 1.80 bits per heavy atom. The van der Waals surface area contributed by atoms with Gasteiger partial charge in [0.05, 0.1) is 0 Å². The van der Waals surface area contributed by atoms with Crippen LogP contribution < -0.4 is 5.32 Å². The molecular formula is C18H20BrN. The van der Waals surface area contributed by atoms with Crippen molar-refractivity contribution in [2.24, 2.45) is 0 Å². The van der Waals surface area contributed by atoms with Crippen molar-refractivity contribution in [2.45, 2.75) is 38.3 Å². The third-order valence-electron chi connectivity index (χ3n) is 4.04. The van der Waals surface area contributed by atoms with Crippen LogP contribution in [0, 0.1) is 0 Å². The maximum absolute atomic E-state index is 3.65. The first kappa shape index (κ1) is 13.8. The molecule has 0 radical (unpaired) electrons. The topological polar surface area (TPSA) is 12.0 Å². The molecule has 1 saturated carbocycles. The summed E-state index contributed by atoms with van der Waals surface area (Å²) in [6.45, 7) is 3.16. The zero-order chi connectivity index (χ0) is 13.9. The van der Waals surface area contributed by atoms with Gasteiger partial charge in [0.25, 0.3) is 0 Å². The quantitative estimate of drug-likeness (QED) is 0.797. The van der Waals surface area contributed by atoms with E-state index in [1.54, 1.807) is 5.56 Å². The molecular weight excluding hydrogens is 310 g/mol. The number of hydrogen-bond acceptors (Lipinski definition) is 1. The van der Waals surface area contributed by atoms with Gasteiger partial charge in [-0.1, -0.05) is 58.4 Å². The van der Waals surface area contributed by atoms with Crippen molar-refractivity contribution in [3.8, 4) is 0 Å². The van der Waals surface area contributed by atoms with E-state index in [1.807, 2.05) is 0 Å². The summed E-state index contributed by atoms with van der Waals surface area (Å²) in [6, 6.07) is 17.6. The van der Waals surface area contributed by atoms with E-state index in [-0.39, 0.29) is 0 Å². The summed E-state index contributed by atoms with van der Waals surface area (Å²) in [5, 5.41) is 3.65. The predicted molar refractivity (Wildman–Crippen MR) is 87.8 cm³/mol. The van der Waals surface area contributed by atoms with Gasteiger partial charge in [-0.3, -0.25) is 0 Å². The highest BCUT2D eigenvalue weighted by Crippen LogP contribution is 2.41. The van der Waals surface area contributed by atoms with Gasteiger partial charge in [-0.15, -0.1) is 0 Å². The van der Waals surface area contributed by atoms with Gasteiger partial charge in [0.1, 0.15) is 0 Å². The molecule has 3 rings (SSSR count). The number of hydrogen-bond donors (Lipinski definition) is 1. The minimum Gasteiger partial charge on any atom is -0.306 e. The summed E-state index contributed by atoms with van der Waals surface area (Å²) in [5.41, 5.74) is 4.31. The molecule has 0 aliphatic heterocycles. The van der Waals surface area contributed by atoms with Gasteiger partial charge in [-0.25, -0.2) is 0 Å². The van der Waals surface area contributed by atoms with Crippen LogP contribution in [0.4, 0.5) is 0 Å². The lowest BCUT2D eigenvalue weighted by Crippen LogP contribution is -2.19. The normalized spacial score (nSPS) is 16.1. The first-order valence-corrected chi connectivity index (χ1v) is 8.10. The summed E-state index contributed by atoms with van der Waals surface area (Å²) in [7, 11) is 0. The molecule has 1 atom stereocenters. The summed E-state index contributed by atoms with van der Waals surface area (Å²) in [4.78, 5) is 0. The molecule has 0 bridgehead atoms. The summed E-state index contributed by atoms with van der Waals surface area (Å²) >= 11 is 3.63. The molecule has 1 aliphatic rings. The standard InChI is InChI=1S/C18H20BrN/c1-13(16-7-4-5-9-18(16)19)20-12-15-6-2-3-8-17(15)14-10-11-14/h2-9,13-14,20H,10-12H2,1H3/t13-/m0/s1. The molecule has 0 aromatic heterocycles. The average Bonchev–Trinajstić information content (AvgIpc) is 3.30. The Balaban J connectivity index is 1.69. The van der Waals surface area contributed by atoms with Crippen LogP contribution in [0.15, 0.2) is 53.0 Å². The predicted octanol–water partition coefficient (Wildman–Crippen LogP) is 5.18. The largest absolute Gasteiger partial charge is 0.306 e. The van der Waals surface area contributed by atoms with E-state index in [1.165, 1.54) is 28.4 Å². The van der Waals surface area contributed by atoms with Crippen molar-refractivity contribution in [3.63, 3.8) is 0 Å². The fourth-order valence-electron chi connectivity index (χ4n) is 2.69. The molecule has 1 aliphatic carbocycles. The Morgan fingerprint density at radius 1 is 1.10 bits per heavy atom. The van der Waals surface area contributed by atoms with Gasteiger partial charge in [-0.05, 0) is 48.4 Å². The molecule has 2 aromatic rings.